The molecule has 0 unspecified atom stereocenters. The van der Waals surface area contributed by atoms with Crippen LogP contribution in [-0.2, 0) is 6.61 Å². The summed E-state index contributed by atoms with van der Waals surface area (Å²) in [6.45, 7) is -0.171. The highest BCUT2D eigenvalue weighted by Gasteiger charge is 2.08. The first kappa shape index (κ1) is 10.1. The van der Waals surface area contributed by atoms with E-state index in [1.54, 1.807) is 24.4 Å². The first-order chi connectivity index (χ1) is 7.22. The van der Waals surface area contributed by atoms with Gasteiger partial charge in [-0.3, -0.25) is 0 Å². The Balaban J connectivity index is 2.49. The summed E-state index contributed by atoms with van der Waals surface area (Å²) in [5.41, 5.74) is 0.747. The average molecular weight is 227 g/mol. The van der Waals surface area contributed by atoms with Crippen molar-refractivity contribution in [1.29, 1.82) is 0 Å². The van der Waals surface area contributed by atoms with Crippen LogP contribution >= 0.6 is 11.6 Å². The molecule has 0 aliphatic carbocycles. The summed E-state index contributed by atoms with van der Waals surface area (Å²) >= 11 is 5.64. The monoisotopic (exact) mass is 226 g/mol. The van der Waals surface area contributed by atoms with Crippen molar-refractivity contribution in [2.24, 2.45) is 0 Å². The van der Waals surface area contributed by atoms with Crippen LogP contribution in [0.3, 0.4) is 0 Å². The van der Waals surface area contributed by atoms with E-state index in [9.17, 15) is 4.39 Å². The van der Waals surface area contributed by atoms with Crippen LogP contribution < -0.4 is 0 Å². The Kier molecular flexibility index (Phi) is 2.70. The van der Waals surface area contributed by atoms with Gasteiger partial charge in [0, 0.05) is 6.20 Å². The number of nitrogens with zero attached hydrogens (tertiary/aromatic N) is 2. The van der Waals surface area contributed by atoms with Gasteiger partial charge in [0.15, 0.2) is 5.82 Å². The number of aliphatic hydroxyl groups excluding tert-OH is 1. The number of hydrogen-bond donors (Lipinski definition) is 1. The van der Waals surface area contributed by atoms with Crippen molar-refractivity contribution < 1.29 is 9.50 Å². The highest BCUT2D eigenvalue weighted by molar-refractivity contribution is 6.30. The van der Waals surface area contributed by atoms with Crippen molar-refractivity contribution in [3.8, 4) is 5.69 Å². The number of benzene rings is 1. The molecule has 0 saturated heterocycles. The summed E-state index contributed by atoms with van der Waals surface area (Å²) in [6, 6.07) is 6.29. The van der Waals surface area contributed by atoms with Crippen molar-refractivity contribution in [2.75, 3.05) is 0 Å². The second-order valence-electron chi connectivity index (χ2n) is 2.98. The molecule has 0 aliphatic rings. The molecule has 0 spiro atoms. The van der Waals surface area contributed by atoms with Crippen molar-refractivity contribution in [3.63, 3.8) is 0 Å². The van der Waals surface area contributed by atoms with E-state index in [0.717, 1.165) is 0 Å². The summed E-state index contributed by atoms with van der Waals surface area (Å²) in [7, 11) is 0. The summed E-state index contributed by atoms with van der Waals surface area (Å²) in [5.74, 6) is -0.522. The predicted molar refractivity (Wildman–Crippen MR) is 54.5 cm³/mol. The Labute approximate surface area is 90.7 Å². The third-order valence-corrected chi connectivity index (χ3v) is 2.28. The predicted octanol–water partition coefficient (Wildman–Crippen LogP) is 2.16. The highest BCUT2D eigenvalue weighted by atomic mass is 35.5. The molecule has 1 N–H and O–H groups in total. The molecule has 2 aromatic rings. The molecule has 5 heteroatoms. The van der Waals surface area contributed by atoms with Crippen LogP contribution in [0.15, 0.2) is 30.5 Å². The summed E-state index contributed by atoms with van der Waals surface area (Å²) < 4.78 is 14.9. The lowest BCUT2D eigenvalue weighted by molar-refractivity contribution is 0.276. The lowest BCUT2D eigenvalue weighted by atomic mass is 10.3. The molecule has 0 fully saturated rings. The first-order valence-corrected chi connectivity index (χ1v) is 4.70. The van der Waals surface area contributed by atoms with Crippen LogP contribution in [-0.4, -0.2) is 14.9 Å². The molecule has 1 aromatic carbocycles. The fourth-order valence-corrected chi connectivity index (χ4v) is 1.42. The first-order valence-electron chi connectivity index (χ1n) is 4.32. The van der Waals surface area contributed by atoms with E-state index < -0.39 is 5.82 Å². The minimum atomic E-state index is -0.522. The van der Waals surface area contributed by atoms with E-state index in [4.69, 9.17) is 16.7 Å². The van der Waals surface area contributed by atoms with Crippen molar-refractivity contribution in [3.05, 3.63) is 47.0 Å². The SMILES string of the molecule is OCc1ccn(-c2cccc(Cl)c2F)n1. The van der Waals surface area contributed by atoms with Gasteiger partial charge < -0.3 is 5.11 Å². The quantitative estimate of drug-likeness (QED) is 0.852. The lowest BCUT2D eigenvalue weighted by Crippen LogP contribution is -1.99. The Morgan fingerprint density at radius 3 is 2.87 bits per heavy atom. The maximum absolute atomic E-state index is 13.5. The van der Waals surface area contributed by atoms with Gasteiger partial charge in [-0.15, -0.1) is 0 Å². The maximum atomic E-state index is 13.5. The smallest absolute Gasteiger partial charge is 0.167 e. The van der Waals surface area contributed by atoms with E-state index >= 15 is 0 Å². The van der Waals surface area contributed by atoms with Gasteiger partial charge in [-0.25, -0.2) is 9.07 Å². The van der Waals surface area contributed by atoms with Gasteiger partial charge in [0.25, 0.3) is 0 Å². The topological polar surface area (TPSA) is 38.0 Å². The van der Waals surface area contributed by atoms with Crippen molar-refractivity contribution >= 4 is 11.6 Å². The van der Waals surface area contributed by atoms with Crippen LogP contribution in [0.1, 0.15) is 5.69 Å². The molecule has 0 aliphatic heterocycles. The van der Waals surface area contributed by atoms with Gasteiger partial charge in [-0.2, -0.15) is 5.10 Å². The molecule has 0 saturated carbocycles. The molecule has 0 atom stereocenters. The zero-order valence-corrected chi connectivity index (χ0v) is 8.45. The number of halogens is 2. The molecule has 0 bridgehead atoms. The second kappa shape index (κ2) is 4.00. The molecule has 0 radical (unpaired) electrons. The average Bonchev–Trinajstić information content (AvgIpc) is 2.70. The third kappa shape index (κ3) is 1.86. The fraction of sp³-hybridized carbons (Fsp3) is 0.100. The van der Waals surface area contributed by atoms with Gasteiger partial charge >= 0.3 is 0 Å². The van der Waals surface area contributed by atoms with Crippen LogP contribution in [0.4, 0.5) is 4.39 Å². The van der Waals surface area contributed by atoms with E-state index in [0.29, 0.717) is 5.69 Å². The second-order valence-corrected chi connectivity index (χ2v) is 3.39. The zero-order chi connectivity index (χ0) is 10.8. The molecule has 78 valence electrons. The number of aromatic nitrogens is 2. The number of aliphatic hydroxyl groups is 1. The standard InChI is InChI=1S/C10H8ClFN2O/c11-8-2-1-3-9(10(8)12)14-5-4-7(6-15)13-14/h1-5,15H,6H2. The van der Waals surface area contributed by atoms with Gasteiger partial charge in [-0.1, -0.05) is 17.7 Å². The Bertz CT molecular complexity index is 484. The molecule has 1 heterocycles. The van der Waals surface area contributed by atoms with Crippen molar-refractivity contribution in [2.45, 2.75) is 6.61 Å². The van der Waals surface area contributed by atoms with Gasteiger partial charge in [-0.05, 0) is 18.2 Å². The lowest BCUT2D eigenvalue weighted by Gasteiger charge is -2.03. The van der Waals surface area contributed by atoms with Gasteiger partial charge in [0.1, 0.15) is 5.69 Å². The largest absolute Gasteiger partial charge is 0.390 e. The normalized spacial score (nSPS) is 10.6. The molecule has 0 amide bonds. The van der Waals surface area contributed by atoms with Crippen LogP contribution in [0, 0.1) is 5.82 Å². The van der Waals surface area contributed by atoms with E-state index in [2.05, 4.69) is 5.10 Å². The van der Waals surface area contributed by atoms with Crippen LogP contribution in [0.5, 0.6) is 0 Å². The Morgan fingerprint density at radius 2 is 2.20 bits per heavy atom. The fourth-order valence-electron chi connectivity index (χ4n) is 1.25. The molecule has 1 aromatic heterocycles. The molecular weight excluding hydrogens is 219 g/mol. The minimum Gasteiger partial charge on any atom is -0.390 e. The Hall–Kier alpha value is -1.39. The van der Waals surface area contributed by atoms with Crippen molar-refractivity contribution in [1.82, 2.24) is 9.78 Å². The van der Waals surface area contributed by atoms with Gasteiger partial charge in [0.05, 0.1) is 17.3 Å². The maximum Gasteiger partial charge on any atom is 0.167 e. The molecular formula is C10H8ClFN2O. The third-order valence-electron chi connectivity index (χ3n) is 1.98. The highest BCUT2D eigenvalue weighted by Crippen LogP contribution is 2.20. The Morgan fingerprint density at radius 1 is 1.40 bits per heavy atom. The van der Waals surface area contributed by atoms with E-state index in [1.165, 1.54) is 10.7 Å². The van der Waals surface area contributed by atoms with E-state index in [1.807, 2.05) is 0 Å². The van der Waals surface area contributed by atoms with Crippen LogP contribution in [0.2, 0.25) is 5.02 Å². The summed E-state index contributed by atoms with van der Waals surface area (Å²) in [5, 5.41) is 12.8. The number of hydrogen-bond acceptors (Lipinski definition) is 2. The zero-order valence-electron chi connectivity index (χ0n) is 7.69. The molecule has 2 rings (SSSR count). The minimum absolute atomic E-state index is 0.0496. The summed E-state index contributed by atoms with van der Waals surface area (Å²) in [4.78, 5) is 0. The van der Waals surface area contributed by atoms with Crippen LogP contribution in [0.25, 0.3) is 5.69 Å². The summed E-state index contributed by atoms with van der Waals surface area (Å²) in [6.07, 6.45) is 1.57. The van der Waals surface area contributed by atoms with Gasteiger partial charge in [0.2, 0.25) is 0 Å². The van der Waals surface area contributed by atoms with E-state index in [-0.39, 0.29) is 17.3 Å². The number of rotatable bonds is 2. The molecule has 15 heavy (non-hydrogen) atoms. The molecule has 3 nitrogen and oxygen atoms in total.